The van der Waals surface area contributed by atoms with Gasteiger partial charge in [-0.1, -0.05) is 46.3 Å². The normalized spacial score (nSPS) is 33.5. The van der Waals surface area contributed by atoms with Gasteiger partial charge in [0.1, 0.15) is 0 Å². The van der Waals surface area contributed by atoms with Crippen LogP contribution in [0, 0.1) is 0 Å². The first-order valence-corrected chi connectivity index (χ1v) is 6.47. The molecule has 1 saturated heterocycles. The summed E-state index contributed by atoms with van der Waals surface area (Å²) in [6.45, 7) is 2.33. The van der Waals surface area contributed by atoms with E-state index in [0.29, 0.717) is 4.83 Å². The molecule has 2 heteroatoms. The van der Waals surface area contributed by atoms with Crippen molar-refractivity contribution in [3.63, 3.8) is 0 Å². The maximum Gasteiger partial charge on any atom is 0.0505 e. The van der Waals surface area contributed by atoms with E-state index in [0.717, 1.165) is 0 Å². The standard InChI is InChI=1S/C11H13BrS/c1-11(10(12)7-8-13-11)9-5-3-2-4-6-9/h2-6,10H,7-8H2,1H3/t10-,11+/m1/s1. The molecule has 0 amide bonds. The Labute approximate surface area is 92.2 Å². The average Bonchev–Trinajstić information content (AvgIpc) is 2.50. The first-order valence-electron chi connectivity index (χ1n) is 4.57. The SMILES string of the molecule is C[C@@]1(c2ccccc2)SCC[C@H]1Br. The topological polar surface area (TPSA) is 0 Å². The maximum atomic E-state index is 3.78. The molecular weight excluding hydrogens is 244 g/mol. The zero-order valence-corrected chi connectivity index (χ0v) is 10.1. The van der Waals surface area contributed by atoms with Gasteiger partial charge in [0.2, 0.25) is 0 Å². The van der Waals surface area contributed by atoms with Gasteiger partial charge in [-0.05, 0) is 24.7 Å². The molecule has 0 saturated carbocycles. The van der Waals surface area contributed by atoms with Gasteiger partial charge in [0.05, 0.1) is 4.75 Å². The predicted octanol–water partition coefficient (Wildman–Crippen LogP) is 3.80. The fraction of sp³-hybridized carbons (Fsp3) is 0.455. The minimum atomic E-state index is 0.279. The molecule has 1 aliphatic rings. The minimum Gasteiger partial charge on any atom is -0.149 e. The summed E-state index contributed by atoms with van der Waals surface area (Å²) in [5.41, 5.74) is 1.44. The molecule has 1 aliphatic heterocycles. The number of rotatable bonds is 1. The highest BCUT2D eigenvalue weighted by Gasteiger charge is 2.39. The van der Waals surface area contributed by atoms with Crippen molar-refractivity contribution in [1.82, 2.24) is 0 Å². The number of benzene rings is 1. The van der Waals surface area contributed by atoms with Crippen LogP contribution in [-0.4, -0.2) is 10.6 Å². The van der Waals surface area contributed by atoms with Crippen LogP contribution in [0.25, 0.3) is 0 Å². The van der Waals surface area contributed by atoms with E-state index in [9.17, 15) is 0 Å². The van der Waals surface area contributed by atoms with Crippen molar-refractivity contribution in [2.45, 2.75) is 22.9 Å². The molecule has 0 spiro atoms. The van der Waals surface area contributed by atoms with Gasteiger partial charge in [-0.25, -0.2) is 0 Å². The number of halogens is 1. The fourth-order valence-electron chi connectivity index (χ4n) is 1.77. The van der Waals surface area contributed by atoms with Crippen molar-refractivity contribution in [3.05, 3.63) is 35.9 Å². The quantitative estimate of drug-likeness (QED) is 0.689. The molecule has 70 valence electrons. The van der Waals surface area contributed by atoms with Gasteiger partial charge in [0, 0.05) is 4.83 Å². The van der Waals surface area contributed by atoms with Crippen LogP contribution in [0.4, 0.5) is 0 Å². The lowest BCUT2D eigenvalue weighted by atomic mass is 9.96. The zero-order chi connectivity index (χ0) is 9.31. The summed E-state index contributed by atoms with van der Waals surface area (Å²) in [6.07, 6.45) is 1.27. The second-order valence-electron chi connectivity index (χ2n) is 3.58. The Kier molecular flexibility index (Phi) is 2.70. The third-order valence-electron chi connectivity index (χ3n) is 2.72. The highest BCUT2D eigenvalue weighted by Crippen LogP contribution is 2.49. The summed E-state index contributed by atoms with van der Waals surface area (Å²) in [6, 6.07) is 10.8. The van der Waals surface area contributed by atoms with Crippen molar-refractivity contribution >= 4 is 27.7 Å². The van der Waals surface area contributed by atoms with E-state index >= 15 is 0 Å². The van der Waals surface area contributed by atoms with Crippen LogP contribution in [-0.2, 0) is 4.75 Å². The summed E-state index contributed by atoms with van der Waals surface area (Å²) < 4.78 is 0.279. The Morgan fingerprint density at radius 1 is 1.38 bits per heavy atom. The minimum absolute atomic E-state index is 0.279. The van der Waals surface area contributed by atoms with E-state index in [1.54, 1.807) is 0 Å². The van der Waals surface area contributed by atoms with Crippen LogP contribution in [0.15, 0.2) is 30.3 Å². The molecule has 2 atom stereocenters. The van der Waals surface area contributed by atoms with Crippen LogP contribution in [0.1, 0.15) is 18.9 Å². The van der Waals surface area contributed by atoms with Gasteiger partial charge >= 0.3 is 0 Å². The molecule has 0 N–H and O–H groups in total. The molecule has 0 radical (unpaired) electrons. The molecule has 1 aromatic rings. The average molecular weight is 257 g/mol. The number of alkyl halides is 1. The lowest BCUT2D eigenvalue weighted by molar-refractivity contribution is 0.674. The second kappa shape index (κ2) is 3.66. The highest BCUT2D eigenvalue weighted by atomic mass is 79.9. The number of thioether (sulfide) groups is 1. The summed E-state index contributed by atoms with van der Waals surface area (Å²) in [5, 5.41) is 0. The molecule has 13 heavy (non-hydrogen) atoms. The van der Waals surface area contributed by atoms with Crippen molar-refractivity contribution in [1.29, 1.82) is 0 Å². The van der Waals surface area contributed by atoms with Crippen LogP contribution in [0.3, 0.4) is 0 Å². The van der Waals surface area contributed by atoms with Crippen molar-refractivity contribution < 1.29 is 0 Å². The lowest BCUT2D eigenvalue weighted by Gasteiger charge is -2.27. The maximum absolute atomic E-state index is 3.78. The Bertz CT molecular complexity index is 285. The van der Waals surface area contributed by atoms with Crippen LogP contribution < -0.4 is 0 Å². The van der Waals surface area contributed by atoms with E-state index in [1.807, 2.05) is 0 Å². The van der Waals surface area contributed by atoms with Gasteiger partial charge < -0.3 is 0 Å². The van der Waals surface area contributed by atoms with E-state index in [2.05, 4.69) is 64.9 Å². The van der Waals surface area contributed by atoms with Gasteiger partial charge in [-0.15, -0.1) is 11.8 Å². The lowest BCUT2D eigenvalue weighted by Crippen LogP contribution is -2.23. The summed E-state index contributed by atoms with van der Waals surface area (Å²) >= 11 is 5.84. The molecule has 2 rings (SSSR count). The highest BCUT2D eigenvalue weighted by molar-refractivity contribution is 9.09. The van der Waals surface area contributed by atoms with Crippen molar-refractivity contribution in [2.24, 2.45) is 0 Å². The number of hydrogen-bond acceptors (Lipinski definition) is 1. The summed E-state index contributed by atoms with van der Waals surface area (Å²) in [4.78, 5) is 0.618. The molecule has 1 heterocycles. The summed E-state index contributed by atoms with van der Waals surface area (Å²) in [5.74, 6) is 1.27. The van der Waals surface area contributed by atoms with E-state index < -0.39 is 0 Å². The third-order valence-corrected chi connectivity index (χ3v) is 5.95. The van der Waals surface area contributed by atoms with E-state index in [4.69, 9.17) is 0 Å². The van der Waals surface area contributed by atoms with Gasteiger partial charge in [0.15, 0.2) is 0 Å². The first kappa shape index (κ1) is 9.60. The molecule has 0 unspecified atom stereocenters. The van der Waals surface area contributed by atoms with E-state index in [-0.39, 0.29) is 4.75 Å². The smallest absolute Gasteiger partial charge is 0.0505 e. The molecular formula is C11H13BrS. The molecule has 1 aromatic carbocycles. The van der Waals surface area contributed by atoms with Crippen LogP contribution >= 0.6 is 27.7 Å². The predicted molar refractivity (Wildman–Crippen MR) is 63.6 cm³/mol. The zero-order valence-electron chi connectivity index (χ0n) is 7.66. The molecule has 0 aromatic heterocycles. The fourth-order valence-corrected chi connectivity index (χ4v) is 4.35. The number of hydrogen-bond donors (Lipinski definition) is 0. The Morgan fingerprint density at radius 2 is 2.08 bits per heavy atom. The monoisotopic (exact) mass is 256 g/mol. The molecule has 1 fully saturated rings. The molecule has 0 aliphatic carbocycles. The molecule has 0 bridgehead atoms. The van der Waals surface area contributed by atoms with Gasteiger partial charge in [-0.3, -0.25) is 0 Å². The largest absolute Gasteiger partial charge is 0.149 e. The van der Waals surface area contributed by atoms with E-state index in [1.165, 1.54) is 17.7 Å². The Morgan fingerprint density at radius 3 is 2.62 bits per heavy atom. The second-order valence-corrected chi connectivity index (χ2v) is 6.23. The Balaban J connectivity index is 2.34. The van der Waals surface area contributed by atoms with Crippen molar-refractivity contribution in [3.8, 4) is 0 Å². The third kappa shape index (κ3) is 1.66. The van der Waals surface area contributed by atoms with Crippen molar-refractivity contribution in [2.75, 3.05) is 5.75 Å². The first-order chi connectivity index (χ1) is 6.23. The molecule has 0 nitrogen and oxygen atoms in total. The van der Waals surface area contributed by atoms with Crippen LogP contribution in [0.2, 0.25) is 0 Å². The van der Waals surface area contributed by atoms with Gasteiger partial charge in [-0.2, -0.15) is 0 Å². The summed E-state index contributed by atoms with van der Waals surface area (Å²) in [7, 11) is 0. The van der Waals surface area contributed by atoms with Gasteiger partial charge in [0.25, 0.3) is 0 Å². The Hall–Kier alpha value is 0.0500. The van der Waals surface area contributed by atoms with Crippen LogP contribution in [0.5, 0.6) is 0 Å².